The Kier molecular flexibility index (Phi) is 6.15. The molecule has 6 nitrogen and oxygen atoms in total. The van der Waals surface area contributed by atoms with E-state index in [0.29, 0.717) is 13.1 Å². The first-order valence-electron chi connectivity index (χ1n) is 7.93. The summed E-state index contributed by atoms with van der Waals surface area (Å²) < 4.78 is 26.6. The summed E-state index contributed by atoms with van der Waals surface area (Å²) in [5.41, 5.74) is 0.741. The van der Waals surface area contributed by atoms with Crippen LogP contribution in [0.1, 0.15) is 31.7 Å². The van der Waals surface area contributed by atoms with Gasteiger partial charge in [-0.3, -0.25) is 4.79 Å². The highest BCUT2D eigenvalue weighted by atomic mass is 32.2. The smallest absolute Gasteiger partial charge is 0.243 e. The number of aliphatic hydroxyl groups excluding tert-OH is 1. The van der Waals surface area contributed by atoms with Crippen LogP contribution in [-0.2, 0) is 21.2 Å². The van der Waals surface area contributed by atoms with Gasteiger partial charge in [0.15, 0.2) is 0 Å². The minimum atomic E-state index is -3.43. The molecule has 1 heterocycles. The minimum Gasteiger partial charge on any atom is -0.394 e. The van der Waals surface area contributed by atoms with Gasteiger partial charge in [0.25, 0.3) is 0 Å². The van der Waals surface area contributed by atoms with Crippen molar-refractivity contribution in [1.29, 1.82) is 0 Å². The summed E-state index contributed by atoms with van der Waals surface area (Å²) in [4.78, 5) is 12.0. The molecular formula is C16H24N2O4S. The van der Waals surface area contributed by atoms with Crippen LogP contribution in [0.15, 0.2) is 29.2 Å². The number of aliphatic hydroxyl groups is 1. The van der Waals surface area contributed by atoms with Crippen molar-refractivity contribution in [3.05, 3.63) is 29.8 Å². The lowest BCUT2D eigenvalue weighted by atomic mass is 10.1. The van der Waals surface area contributed by atoms with Crippen LogP contribution in [0, 0.1) is 0 Å². The van der Waals surface area contributed by atoms with Crippen molar-refractivity contribution in [1.82, 2.24) is 9.62 Å². The molecule has 2 N–H and O–H groups in total. The predicted octanol–water partition coefficient (Wildman–Crippen LogP) is 0.901. The molecule has 0 saturated carbocycles. The summed E-state index contributed by atoms with van der Waals surface area (Å²) in [5, 5.41) is 11.6. The van der Waals surface area contributed by atoms with Crippen LogP contribution in [0.2, 0.25) is 0 Å². The largest absolute Gasteiger partial charge is 0.394 e. The average molecular weight is 340 g/mol. The van der Waals surface area contributed by atoms with E-state index in [9.17, 15) is 13.2 Å². The molecule has 0 spiro atoms. The van der Waals surface area contributed by atoms with Gasteiger partial charge in [0.2, 0.25) is 15.9 Å². The first kappa shape index (κ1) is 17.9. The van der Waals surface area contributed by atoms with Gasteiger partial charge in [0, 0.05) is 19.1 Å². The van der Waals surface area contributed by atoms with Crippen LogP contribution in [-0.4, -0.2) is 49.5 Å². The van der Waals surface area contributed by atoms with E-state index in [4.69, 9.17) is 5.11 Å². The Labute approximate surface area is 137 Å². The fraction of sp³-hybridized carbons (Fsp3) is 0.562. The molecule has 1 unspecified atom stereocenters. The molecule has 1 saturated heterocycles. The summed E-state index contributed by atoms with van der Waals surface area (Å²) in [6, 6.07) is 6.16. The number of piperidine rings is 1. The fourth-order valence-electron chi connectivity index (χ4n) is 2.59. The molecule has 128 valence electrons. The normalized spacial score (nSPS) is 17.7. The molecule has 23 heavy (non-hydrogen) atoms. The van der Waals surface area contributed by atoms with Crippen LogP contribution in [0.3, 0.4) is 0 Å². The fourth-order valence-corrected chi connectivity index (χ4v) is 4.11. The van der Waals surface area contributed by atoms with E-state index in [1.807, 2.05) is 0 Å². The molecule has 1 amide bonds. The predicted molar refractivity (Wildman–Crippen MR) is 87.4 cm³/mol. The van der Waals surface area contributed by atoms with Crippen molar-refractivity contribution in [2.75, 3.05) is 19.7 Å². The minimum absolute atomic E-state index is 0.112. The Balaban J connectivity index is 2.02. The summed E-state index contributed by atoms with van der Waals surface area (Å²) in [7, 11) is -3.43. The van der Waals surface area contributed by atoms with Gasteiger partial charge in [-0.05, 0) is 37.5 Å². The van der Waals surface area contributed by atoms with Crippen molar-refractivity contribution in [2.45, 2.75) is 43.5 Å². The molecular weight excluding hydrogens is 316 g/mol. The van der Waals surface area contributed by atoms with E-state index >= 15 is 0 Å². The molecule has 0 radical (unpaired) electrons. The molecule has 7 heteroatoms. The second-order valence-corrected chi connectivity index (χ2v) is 7.87. The maximum atomic E-state index is 12.5. The third-order valence-electron chi connectivity index (χ3n) is 3.92. The van der Waals surface area contributed by atoms with E-state index in [1.54, 1.807) is 31.2 Å². The first-order valence-corrected chi connectivity index (χ1v) is 9.37. The zero-order chi connectivity index (χ0) is 16.9. The quantitative estimate of drug-likeness (QED) is 0.805. The molecule has 1 aliphatic heterocycles. The third-order valence-corrected chi connectivity index (χ3v) is 5.83. The standard InChI is InChI=1S/C16H24N2O4S/c1-13(12-19)17-16(20)11-14-5-7-15(8-6-14)23(21,22)18-9-3-2-4-10-18/h5-8,13,19H,2-4,9-12H2,1H3,(H,17,20). The molecule has 1 aliphatic rings. The number of carbonyl (C=O) groups excluding carboxylic acids is 1. The summed E-state index contributed by atoms with van der Waals surface area (Å²) in [6.07, 6.45) is 3.04. The topological polar surface area (TPSA) is 86.7 Å². The lowest BCUT2D eigenvalue weighted by Crippen LogP contribution is -2.36. The second-order valence-electron chi connectivity index (χ2n) is 5.94. The number of rotatable bonds is 6. The van der Waals surface area contributed by atoms with E-state index in [-0.39, 0.29) is 29.9 Å². The first-order chi connectivity index (χ1) is 10.9. The molecule has 2 rings (SSSR count). The SMILES string of the molecule is CC(CO)NC(=O)Cc1ccc(S(=O)(=O)N2CCCCC2)cc1. The maximum Gasteiger partial charge on any atom is 0.243 e. The van der Waals surface area contributed by atoms with E-state index in [2.05, 4.69) is 5.32 Å². The Morgan fingerprint density at radius 1 is 1.22 bits per heavy atom. The number of carbonyl (C=O) groups is 1. The molecule has 1 aromatic rings. The van der Waals surface area contributed by atoms with Gasteiger partial charge in [-0.15, -0.1) is 0 Å². The molecule has 0 aromatic heterocycles. The van der Waals surface area contributed by atoms with Crippen LogP contribution in [0.4, 0.5) is 0 Å². The number of amides is 1. The van der Waals surface area contributed by atoms with Crippen molar-refractivity contribution in [3.63, 3.8) is 0 Å². The highest BCUT2D eigenvalue weighted by molar-refractivity contribution is 7.89. The third kappa shape index (κ3) is 4.76. The Hall–Kier alpha value is -1.44. The average Bonchev–Trinajstić information content (AvgIpc) is 2.56. The maximum absolute atomic E-state index is 12.5. The van der Waals surface area contributed by atoms with Gasteiger partial charge in [-0.25, -0.2) is 8.42 Å². The zero-order valence-corrected chi connectivity index (χ0v) is 14.2. The van der Waals surface area contributed by atoms with Crippen molar-refractivity contribution < 1.29 is 18.3 Å². The number of hydrogen-bond donors (Lipinski definition) is 2. The Morgan fingerprint density at radius 3 is 2.39 bits per heavy atom. The number of benzene rings is 1. The molecule has 1 atom stereocenters. The van der Waals surface area contributed by atoms with Gasteiger partial charge >= 0.3 is 0 Å². The highest BCUT2D eigenvalue weighted by Crippen LogP contribution is 2.20. The number of hydrogen-bond acceptors (Lipinski definition) is 4. The number of nitrogens with one attached hydrogen (secondary N) is 1. The number of sulfonamides is 1. The second kappa shape index (κ2) is 7.90. The molecule has 0 bridgehead atoms. The van der Waals surface area contributed by atoms with Gasteiger partial charge in [-0.1, -0.05) is 18.6 Å². The van der Waals surface area contributed by atoms with Crippen LogP contribution < -0.4 is 5.32 Å². The monoisotopic (exact) mass is 340 g/mol. The van der Waals surface area contributed by atoms with Gasteiger partial charge in [0.1, 0.15) is 0 Å². The van der Waals surface area contributed by atoms with Gasteiger partial charge in [-0.2, -0.15) is 4.31 Å². The lowest BCUT2D eigenvalue weighted by Gasteiger charge is -2.25. The summed E-state index contributed by atoms with van der Waals surface area (Å²) in [6.45, 7) is 2.75. The lowest BCUT2D eigenvalue weighted by molar-refractivity contribution is -0.121. The molecule has 1 fully saturated rings. The Bertz CT molecular complexity index is 622. The highest BCUT2D eigenvalue weighted by Gasteiger charge is 2.25. The summed E-state index contributed by atoms with van der Waals surface area (Å²) in [5.74, 6) is -0.196. The van der Waals surface area contributed by atoms with E-state index in [1.165, 1.54) is 4.31 Å². The number of nitrogens with zero attached hydrogens (tertiary/aromatic N) is 1. The van der Waals surface area contributed by atoms with Crippen LogP contribution >= 0.6 is 0 Å². The molecule has 1 aromatic carbocycles. The van der Waals surface area contributed by atoms with E-state index < -0.39 is 10.0 Å². The van der Waals surface area contributed by atoms with Gasteiger partial charge in [0.05, 0.1) is 17.9 Å². The van der Waals surface area contributed by atoms with Crippen molar-refractivity contribution in [3.8, 4) is 0 Å². The Morgan fingerprint density at radius 2 is 1.83 bits per heavy atom. The summed E-state index contributed by atoms with van der Waals surface area (Å²) >= 11 is 0. The zero-order valence-electron chi connectivity index (χ0n) is 13.4. The van der Waals surface area contributed by atoms with E-state index in [0.717, 1.165) is 24.8 Å². The molecule has 0 aliphatic carbocycles. The van der Waals surface area contributed by atoms with Crippen molar-refractivity contribution >= 4 is 15.9 Å². The van der Waals surface area contributed by atoms with Gasteiger partial charge < -0.3 is 10.4 Å². The van der Waals surface area contributed by atoms with Crippen LogP contribution in [0.25, 0.3) is 0 Å². The van der Waals surface area contributed by atoms with Crippen molar-refractivity contribution in [2.24, 2.45) is 0 Å². The van der Waals surface area contributed by atoms with Crippen LogP contribution in [0.5, 0.6) is 0 Å².